The Morgan fingerprint density at radius 1 is 1.21 bits per heavy atom. The molecular weight excluding hydrogens is 366 g/mol. The Hall–Kier alpha value is -3.67. The molecule has 0 saturated carbocycles. The predicted octanol–water partition coefficient (Wildman–Crippen LogP) is 4.02. The zero-order valence-corrected chi connectivity index (χ0v) is 16.1. The average Bonchev–Trinajstić information content (AvgIpc) is 3.17. The number of para-hydroxylation sites is 1. The molecule has 1 aliphatic rings. The number of carbonyl (C=O) groups is 2. The highest BCUT2D eigenvalue weighted by molar-refractivity contribution is 6.04. The molecule has 2 aromatic carbocycles. The average molecular weight is 387 g/mol. The van der Waals surface area contributed by atoms with Crippen LogP contribution in [0.1, 0.15) is 18.4 Å². The van der Waals surface area contributed by atoms with E-state index in [-0.39, 0.29) is 11.8 Å². The molecular formula is C23H21N3O3. The van der Waals surface area contributed by atoms with Gasteiger partial charge in [-0.15, -0.1) is 0 Å². The van der Waals surface area contributed by atoms with Crippen LogP contribution in [0.25, 0.3) is 17.0 Å². The lowest BCUT2D eigenvalue weighted by molar-refractivity contribution is -0.117. The Bertz CT molecular complexity index is 1100. The number of fused-ring (bicyclic) bond motifs is 1. The highest BCUT2D eigenvalue weighted by atomic mass is 16.5. The van der Waals surface area contributed by atoms with Crippen LogP contribution in [0.4, 0.5) is 11.4 Å². The van der Waals surface area contributed by atoms with Crippen LogP contribution in [0.15, 0.2) is 60.8 Å². The van der Waals surface area contributed by atoms with Gasteiger partial charge in [-0.25, -0.2) is 0 Å². The molecule has 2 amide bonds. The van der Waals surface area contributed by atoms with Gasteiger partial charge in [-0.05, 0) is 30.7 Å². The van der Waals surface area contributed by atoms with E-state index in [1.807, 2.05) is 30.3 Å². The van der Waals surface area contributed by atoms with E-state index in [0.717, 1.165) is 28.6 Å². The largest absolute Gasteiger partial charge is 0.494 e. The van der Waals surface area contributed by atoms with E-state index in [9.17, 15) is 9.59 Å². The van der Waals surface area contributed by atoms with Crippen molar-refractivity contribution < 1.29 is 14.3 Å². The number of hydrogen-bond acceptors (Lipinski definition) is 4. The van der Waals surface area contributed by atoms with Gasteiger partial charge in [0, 0.05) is 47.9 Å². The van der Waals surface area contributed by atoms with E-state index < -0.39 is 0 Å². The SMILES string of the molecule is COc1cc(NC(=O)/C=C/c2cccc3cccnc23)ccc1N1CCCC1=O. The molecule has 29 heavy (non-hydrogen) atoms. The molecule has 1 saturated heterocycles. The van der Waals surface area contributed by atoms with E-state index in [2.05, 4.69) is 10.3 Å². The normalized spacial score (nSPS) is 14.0. The zero-order chi connectivity index (χ0) is 20.2. The fourth-order valence-electron chi connectivity index (χ4n) is 3.49. The van der Waals surface area contributed by atoms with Crippen molar-refractivity contribution in [1.82, 2.24) is 4.98 Å². The number of benzene rings is 2. The van der Waals surface area contributed by atoms with Crippen molar-refractivity contribution in [3.05, 3.63) is 66.4 Å². The summed E-state index contributed by atoms with van der Waals surface area (Å²) in [7, 11) is 1.55. The number of amides is 2. The molecule has 4 rings (SSSR count). The second-order valence-electron chi connectivity index (χ2n) is 6.78. The molecule has 0 unspecified atom stereocenters. The quantitative estimate of drug-likeness (QED) is 0.671. The Morgan fingerprint density at radius 3 is 2.86 bits per heavy atom. The number of nitrogens with zero attached hydrogens (tertiary/aromatic N) is 2. The van der Waals surface area contributed by atoms with Gasteiger partial charge < -0.3 is 15.0 Å². The second-order valence-corrected chi connectivity index (χ2v) is 6.78. The molecule has 146 valence electrons. The van der Waals surface area contributed by atoms with Crippen molar-refractivity contribution in [2.24, 2.45) is 0 Å². The summed E-state index contributed by atoms with van der Waals surface area (Å²) in [5.41, 5.74) is 3.05. The van der Waals surface area contributed by atoms with Crippen LogP contribution >= 0.6 is 0 Å². The fraction of sp³-hybridized carbons (Fsp3) is 0.174. The first-order valence-corrected chi connectivity index (χ1v) is 9.47. The van der Waals surface area contributed by atoms with Crippen LogP contribution in [0.2, 0.25) is 0 Å². The first-order chi connectivity index (χ1) is 14.2. The number of pyridine rings is 1. The maximum atomic E-state index is 12.4. The second kappa shape index (κ2) is 8.14. The Morgan fingerprint density at radius 2 is 2.07 bits per heavy atom. The Balaban J connectivity index is 1.51. The number of rotatable bonds is 5. The summed E-state index contributed by atoms with van der Waals surface area (Å²) in [6, 6.07) is 15.0. The van der Waals surface area contributed by atoms with Crippen LogP contribution in [0.5, 0.6) is 5.75 Å². The monoisotopic (exact) mass is 387 g/mol. The van der Waals surface area contributed by atoms with Crippen molar-refractivity contribution in [3.63, 3.8) is 0 Å². The minimum absolute atomic E-state index is 0.0896. The van der Waals surface area contributed by atoms with Crippen molar-refractivity contribution >= 4 is 40.2 Å². The van der Waals surface area contributed by atoms with Crippen LogP contribution in [0, 0.1) is 0 Å². The van der Waals surface area contributed by atoms with Gasteiger partial charge >= 0.3 is 0 Å². The molecule has 0 spiro atoms. The molecule has 2 heterocycles. The van der Waals surface area contributed by atoms with Gasteiger partial charge in [0.05, 0.1) is 18.3 Å². The molecule has 0 radical (unpaired) electrons. The summed E-state index contributed by atoms with van der Waals surface area (Å²) >= 11 is 0. The van der Waals surface area contributed by atoms with E-state index >= 15 is 0 Å². The minimum atomic E-state index is -0.259. The molecule has 0 aliphatic carbocycles. The van der Waals surface area contributed by atoms with Gasteiger partial charge in [-0.2, -0.15) is 0 Å². The third-order valence-electron chi connectivity index (χ3n) is 4.89. The highest BCUT2D eigenvalue weighted by Crippen LogP contribution is 2.33. The van der Waals surface area contributed by atoms with Gasteiger partial charge in [0.15, 0.2) is 0 Å². The van der Waals surface area contributed by atoms with Gasteiger partial charge in [0.25, 0.3) is 0 Å². The number of hydrogen-bond donors (Lipinski definition) is 1. The summed E-state index contributed by atoms with van der Waals surface area (Å²) in [6.45, 7) is 0.683. The van der Waals surface area contributed by atoms with Gasteiger partial charge in [-0.3, -0.25) is 14.6 Å². The third-order valence-corrected chi connectivity index (χ3v) is 4.89. The van der Waals surface area contributed by atoms with Gasteiger partial charge in [0.2, 0.25) is 11.8 Å². The molecule has 1 aromatic heterocycles. The molecule has 6 nitrogen and oxygen atoms in total. The van der Waals surface area contributed by atoms with E-state index in [1.165, 1.54) is 6.08 Å². The lowest BCUT2D eigenvalue weighted by atomic mass is 10.1. The van der Waals surface area contributed by atoms with E-state index in [1.54, 1.807) is 42.5 Å². The smallest absolute Gasteiger partial charge is 0.248 e. The van der Waals surface area contributed by atoms with Crippen molar-refractivity contribution in [1.29, 1.82) is 0 Å². The lowest BCUT2D eigenvalue weighted by Crippen LogP contribution is -2.24. The molecule has 0 bridgehead atoms. The highest BCUT2D eigenvalue weighted by Gasteiger charge is 2.24. The number of nitrogens with one attached hydrogen (secondary N) is 1. The predicted molar refractivity (Wildman–Crippen MR) is 114 cm³/mol. The van der Waals surface area contributed by atoms with Crippen LogP contribution in [-0.4, -0.2) is 30.5 Å². The molecule has 1 fully saturated rings. The standard InChI is InChI=1S/C23H21N3O3/c1-29-20-15-18(10-11-19(20)26-14-4-8-22(26)28)25-21(27)12-9-17-6-2-5-16-7-3-13-24-23(16)17/h2-3,5-7,9-13,15H,4,8,14H2,1H3,(H,25,27)/b12-9+. The number of carbonyl (C=O) groups excluding carboxylic acids is 2. The van der Waals surface area contributed by atoms with E-state index in [4.69, 9.17) is 4.74 Å². The first-order valence-electron chi connectivity index (χ1n) is 9.47. The molecule has 1 aliphatic heterocycles. The van der Waals surface area contributed by atoms with Gasteiger partial charge in [0.1, 0.15) is 5.75 Å². The first kappa shape index (κ1) is 18.7. The van der Waals surface area contributed by atoms with Crippen LogP contribution in [-0.2, 0) is 9.59 Å². The summed E-state index contributed by atoms with van der Waals surface area (Å²) in [5.74, 6) is 0.386. The number of anilines is 2. The maximum Gasteiger partial charge on any atom is 0.248 e. The van der Waals surface area contributed by atoms with Crippen LogP contribution < -0.4 is 15.0 Å². The lowest BCUT2D eigenvalue weighted by Gasteiger charge is -2.19. The number of ether oxygens (including phenoxy) is 1. The Kier molecular flexibility index (Phi) is 5.24. The summed E-state index contributed by atoms with van der Waals surface area (Å²) < 4.78 is 5.43. The molecule has 6 heteroatoms. The topological polar surface area (TPSA) is 71.5 Å². The van der Waals surface area contributed by atoms with E-state index in [0.29, 0.717) is 24.4 Å². The molecule has 1 N–H and O–H groups in total. The molecule has 3 aromatic rings. The summed E-state index contributed by atoms with van der Waals surface area (Å²) in [4.78, 5) is 30.5. The summed E-state index contributed by atoms with van der Waals surface area (Å²) in [5, 5.41) is 3.85. The van der Waals surface area contributed by atoms with Crippen LogP contribution in [0.3, 0.4) is 0 Å². The molecule has 0 atom stereocenters. The summed E-state index contributed by atoms with van der Waals surface area (Å²) in [6.07, 6.45) is 6.36. The van der Waals surface area contributed by atoms with Crippen molar-refractivity contribution in [2.45, 2.75) is 12.8 Å². The third kappa shape index (κ3) is 3.96. The maximum absolute atomic E-state index is 12.4. The van der Waals surface area contributed by atoms with Gasteiger partial charge in [-0.1, -0.05) is 24.3 Å². The number of methoxy groups -OCH3 is 1. The number of aromatic nitrogens is 1. The minimum Gasteiger partial charge on any atom is -0.494 e. The fourth-order valence-corrected chi connectivity index (χ4v) is 3.49. The van der Waals surface area contributed by atoms with Crippen molar-refractivity contribution in [2.75, 3.05) is 23.9 Å². The zero-order valence-electron chi connectivity index (χ0n) is 16.1. The van der Waals surface area contributed by atoms with Crippen molar-refractivity contribution in [3.8, 4) is 5.75 Å². The Labute approximate surface area is 168 Å².